The zero-order chi connectivity index (χ0) is 14.8. The first kappa shape index (κ1) is 16.1. The minimum Gasteiger partial charge on any atom is -0.396 e. The summed E-state index contributed by atoms with van der Waals surface area (Å²) in [5.41, 5.74) is -0.123. The van der Waals surface area contributed by atoms with Crippen molar-refractivity contribution in [1.29, 1.82) is 0 Å². The normalized spacial score (nSPS) is 10.3. The van der Waals surface area contributed by atoms with Crippen LogP contribution >= 0.6 is 0 Å². The summed E-state index contributed by atoms with van der Waals surface area (Å²) in [5.74, 6) is 0.615. The Bertz CT molecular complexity index is 428. The molecule has 20 heavy (non-hydrogen) atoms. The molecule has 0 saturated carbocycles. The van der Waals surface area contributed by atoms with E-state index in [1.54, 1.807) is 0 Å². The molecule has 0 fully saturated rings. The monoisotopic (exact) mass is 283 g/mol. The second-order valence-electron chi connectivity index (χ2n) is 4.28. The van der Waals surface area contributed by atoms with E-state index in [1.807, 2.05) is 6.92 Å². The maximum absolute atomic E-state index is 10.9. The van der Waals surface area contributed by atoms with Gasteiger partial charge in [0.2, 0.25) is 11.8 Å². The topological polar surface area (TPSA) is 113 Å². The Morgan fingerprint density at radius 2 is 2.05 bits per heavy atom. The average molecular weight is 283 g/mol. The minimum absolute atomic E-state index is 0.123. The number of aromatic nitrogens is 2. The zero-order valence-electron chi connectivity index (χ0n) is 11.6. The van der Waals surface area contributed by atoms with Crippen molar-refractivity contribution in [2.24, 2.45) is 0 Å². The van der Waals surface area contributed by atoms with Crippen molar-refractivity contribution in [2.75, 3.05) is 30.3 Å². The van der Waals surface area contributed by atoms with E-state index in [0.717, 1.165) is 25.7 Å². The molecule has 0 aliphatic rings. The Hall–Kier alpha value is -1.96. The van der Waals surface area contributed by atoms with Gasteiger partial charge in [-0.2, -0.15) is 4.98 Å². The number of aliphatic hydroxyl groups is 1. The van der Waals surface area contributed by atoms with E-state index in [4.69, 9.17) is 5.11 Å². The van der Waals surface area contributed by atoms with Crippen LogP contribution in [0.4, 0.5) is 17.5 Å². The molecule has 0 atom stereocenters. The molecule has 1 aromatic rings. The van der Waals surface area contributed by atoms with Crippen molar-refractivity contribution >= 4 is 17.5 Å². The van der Waals surface area contributed by atoms with Crippen LogP contribution in [0.25, 0.3) is 0 Å². The van der Waals surface area contributed by atoms with Gasteiger partial charge < -0.3 is 15.7 Å². The Morgan fingerprint density at radius 3 is 2.70 bits per heavy atom. The van der Waals surface area contributed by atoms with Crippen LogP contribution in [0.5, 0.6) is 0 Å². The molecule has 1 aromatic heterocycles. The predicted molar refractivity (Wildman–Crippen MR) is 76.9 cm³/mol. The quantitative estimate of drug-likeness (QED) is 0.341. The number of anilines is 2. The van der Waals surface area contributed by atoms with E-state index in [2.05, 4.69) is 20.6 Å². The van der Waals surface area contributed by atoms with Crippen LogP contribution in [-0.4, -0.2) is 39.7 Å². The second-order valence-corrected chi connectivity index (χ2v) is 4.28. The van der Waals surface area contributed by atoms with Gasteiger partial charge in [0.25, 0.3) is 0 Å². The second kappa shape index (κ2) is 9.03. The van der Waals surface area contributed by atoms with Gasteiger partial charge in [-0.3, -0.25) is 10.1 Å². The van der Waals surface area contributed by atoms with E-state index < -0.39 is 4.92 Å². The summed E-state index contributed by atoms with van der Waals surface area (Å²) in [7, 11) is 0. The maximum atomic E-state index is 10.9. The van der Waals surface area contributed by atoms with Gasteiger partial charge in [0.1, 0.15) is 6.20 Å². The molecule has 0 unspecified atom stereocenters. The van der Waals surface area contributed by atoms with E-state index in [0.29, 0.717) is 19.0 Å². The molecule has 3 N–H and O–H groups in total. The lowest BCUT2D eigenvalue weighted by Gasteiger charge is -2.08. The summed E-state index contributed by atoms with van der Waals surface area (Å²) < 4.78 is 0. The highest BCUT2D eigenvalue weighted by Gasteiger charge is 2.16. The van der Waals surface area contributed by atoms with Crippen molar-refractivity contribution in [1.82, 2.24) is 9.97 Å². The number of nitrogens with zero attached hydrogens (tertiary/aromatic N) is 3. The fourth-order valence-electron chi connectivity index (χ4n) is 1.68. The Balaban J connectivity index is 2.56. The number of hydrogen-bond donors (Lipinski definition) is 3. The largest absolute Gasteiger partial charge is 0.396 e. The van der Waals surface area contributed by atoms with E-state index in [1.165, 1.54) is 6.20 Å². The maximum Gasteiger partial charge on any atom is 0.329 e. The highest BCUT2D eigenvalue weighted by atomic mass is 16.6. The van der Waals surface area contributed by atoms with Crippen LogP contribution in [0.15, 0.2) is 6.20 Å². The fraction of sp³-hybridized carbons (Fsp3) is 0.667. The van der Waals surface area contributed by atoms with Crippen LogP contribution in [0.1, 0.15) is 32.6 Å². The molecule has 1 rings (SSSR count). The Kier molecular flexibility index (Phi) is 7.26. The summed E-state index contributed by atoms with van der Waals surface area (Å²) in [4.78, 5) is 18.4. The predicted octanol–water partition coefficient (Wildman–Crippen LogP) is 1.78. The van der Waals surface area contributed by atoms with Gasteiger partial charge in [-0.05, 0) is 19.8 Å². The molecule has 8 heteroatoms. The van der Waals surface area contributed by atoms with Crippen molar-refractivity contribution in [3.8, 4) is 0 Å². The molecule has 0 aromatic carbocycles. The third-order valence-corrected chi connectivity index (χ3v) is 2.68. The van der Waals surface area contributed by atoms with Gasteiger partial charge in [-0.1, -0.05) is 12.8 Å². The Morgan fingerprint density at radius 1 is 1.30 bits per heavy atom. The molecule has 0 spiro atoms. The molecule has 112 valence electrons. The van der Waals surface area contributed by atoms with Gasteiger partial charge in [0.15, 0.2) is 0 Å². The summed E-state index contributed by atoms with van der Waals surface area (Å²) in [6.45, 7) is 3.36. The molecular formula is C12H21N5O3. The highest BCUT2D eigenvalue weighted by molar-refractivity contribution is 5.56. The molecule has 0 bridgehead atoms. The van der Waals surface area contributed by atoms with Crippen LogP contribution < -0.4 is 10.6 Å². The van der Waals surface area contributed by atoms with Crippen LogP contribution in [0.2, 0.25) is 0 Å². The molecule has 1 heterocycles. The van der Waals surface area contributed by atoms with E-state index in [-0.39, 0.29) is 18.1 Å². The molecule has 0 aliphatic carbocycles. The summed E-state index contributed by atoms with van der Waals surface area (Å²) in [6.07, 6.45) is 4.79. The lowest BCUT2D eigenvalue weighted by molar-refractivity contribution is -0.384. The zero-order valence-corrected chi connectivity index (χ0v) is 11.6. The van der Waals surface area contributed by atoms with Crippen molar-refractivity contribution in [3.05, 3.63) is 16.3 Å². The summed E-state index contributed by atoms with van der Waals surface area (Å²) in [6, 6.07) is 0. The first-order valence-corrected chi connectivity index (χ1v) is 6.79. The van der Waals surface area contributed by atoms with Crippen LogP contribution in [0.3, 0.4) is 0 Å². The average Bonchev–Trinajstić information content (AvgIpc) is 2.43. The van der Waals surface area contributed by atoms with Crippen LogP contribution in [0, 0.1) is 10.1 Å². The fourth-order valence-corrected chi connectivity index (χ4v) is 1.68. The third-order valence-electron chi connectivity index (χ3n) is 2.68. The molecule has 0 radical (unpaired) electrons. The number of nitro groups is 1. The summed E-state index contributed by atoms with van der Waals surface area (Å²) >= 11 is 0. The molecule has 0 amide bonds. The van der Waals surface area contributed by atoms with Crippen molar-refractivity contribution in [3.63, 3.8) is 0 Å². The van der Waals surface area contributed by atoms with Gasteiger partial charge in [0, 0.05) is 19.7 Å². The third kappa shape index (κ3) is 5.35. The lowest BCUT2D eigenvalue weighted by atomic mass is 10.2. The lowest BCUT2D eigenvalue weighted by Crippen LogP contribution is -2.10. The molecular weight excluding hydrogens is 262 g/mol. The van der Waals surface area contributed by atoms with Gasteiger partial charge in [-0.15, -0.1) is 0 Å². The minimum atomic E-state index is -0.496. The number of nitrogens with one attached hydrogen (secondary N) is 2. The summed E-state index contributed by atoms with van der Waals surface area (Å²) in [5, 5.41) is 25.5. The van der Waals surface area contributed by atoms with E-state index in [9.17, 15) is 10.1 Å². The smallest absolute Gasteiger partial charge is 0.329 e. The Labute approximate surface area is 117 Å². The SMILES string of the molecule is CCNc1ncc([N+](=O)[O-])c(NCCCCCCO)n1. The van der Waals surface area contributed by atoms with Gasteiger partial charge >= 0.3 is 5.69 Å². The first-order valence-electron chi connectivity index (χ1n) is 6.79. The van der Waals surface area contributed by atoms with Crippen LogP contribution in [-0.2, 0) is 0 Å². The first-order chi connectivity index (χ1) is 9.69. The number of hydrogen-bond acceptors (Lipinski definition) is 7. The number of aliphatic hydroxyl groups excluding tert-OH is 1. The van der Waals surface area contributed by atoms with Crippen molar-refractivity contribution < 1.29 is 10.0 Å². The molecule has 8 nitrogen and oxygen atoms in total. The standard InChI is InChI=1S/C12H21N5O3/c1-2-13-12-15-9-10(17(19)20)11(16-12)14-7-5-3-4-6-8-18/h9,18H,2-8H2,1H3,(H2,13,14,15,16). The number of unbranched alkanes of at least 4 members (excludes halogenated alkanes) is 3. The van der Waals surface area contributed by atoms with Gasteiger partial charge in [-0.25, -0.2) is 4.98 Å². The van der Waals surface area contributed by atoms with E-state index >= 15 is 0 Å². The van der Waals surface area contributed by atoms with Gasteiger partial charge in [0.05, 0.1) is 4.92 Å². The molecule has 0 saturated heterocycles. The number of rotatable bonds is 10. The highest BCUT2D eigenvalue weighted by Crippen LogP contribution is 2.21. The molecule has 0 aliphatic heterocycles. The van der Waals surface area contributed by atoms with Crippen molar-refractivity contribution in [2.45, 2.75) is 32.6 Å².